The van der Waals surface area contributed by atoms with Gasteiger partial charge in [0.25, 0.3) is 0 Å². The van der Waals surface area contributed by atoms with Crippen LogP contribution >= 0.6 is 0 Å². The Hall–Kier alpha value is -3.15. The molecule has 0 radical (unpaired) electrons. The summed E-state index contributed by atoms with van der Waals surface area (Å²) in [5.74, 6) is 0.181. The number of allylic oxidation sites excluding steroid dienone is 1. The molecule has 0 heterocycles. The summed E-state index contributed by atoms with van der Waals surface area (Å²) in [7, 11) is -1.45. The molecule has 3 nitrogen and oxygen atoms in total. The Kier molecular flexibility index (Phi) is 5.32. The molecule has 130 valence electrons. The van der Waals surface area contributed by atoms with Gasteiger partial charge in [0.15, 0.2) is 5.78 Å². The lowest BCUT2D eigenvalue weighted by atomic mass is 10.0. The molecule has 0 aliphatic rings. The van der Waals surface area contributed by atoms with Crippen molar-refractivity contribution in [1.82, 2.24) is 0 Å². The van der Waals surface area contributed by atoms with E-state index >= 15 is 0 Å². The highest BCUT2D eigenvalue weighted by Crippen LogP contribution is 2.31. The number of halogens is 2. The first-order chi connectivity index (χ1) is 12.6. The fourth-order valence-electron chi connectivity index (χ4n) is 2.63. The highest BCUT2D eigenvalue weighted by Gasteiger charge is 2.23. The highest BCUT2D eigenvalue weighted by molar-refractivity contribution is 6.36. The maximum atomic E-state index is 12.9. The third-order valence-corrected chi connectivity index (χ3v) is 3.89. The summed E-state index contributed by atoms with van der Waals surface area (Å²) in [4.78, 5) is 12.6. The van der Waals surface area contributed by atoms with Gasteiger partial charge >= 0.3 is 7.47 Å². The molecule has 6 heteroatoms. The van der Waals surface area contributed by atoms with Gasteiger partial charge in [-0.25, -0.2) is 8.63 Å². The van der Waals surface area contributed by atoms with Crippen LogP contribution in [0.3, 0.4) is 0 Å². The summed E-state index contributed by atoms with van der Waals surface area (Å²) in [6.45, 7) is 0. The van der Waals surface area contributed by atoms with Crippen molar-refractivity contribution < 1.29 is 22.8 Å². The van der Waals surface area contributed by atoms with Crippen molar-refractivity contribution in [1.29, 1.82) is 0 Å². The smallest absolute Gasteiger partial charge is 0.504 e. The number of ether oxygens (including phenoxy) is 1. The zero-order chi connectivity index (χ0) is 18.5. The number of carbonyl (C=O) groups excluding carboxylic acids is 1. The minimum absolute atomic E-state index is 0.0914. The van der Waals surface area contributed by atoms with Gasteiger partial charge in [0.2, 0.25) is 0 Å². The second-order valence-electron chi connectivity index (χ2n) is 5.51. The number of hydrogen-bond acceptors (Lipinski definition) is 3. The quantitative estimate of drug-likeness (QED) is 0.354. The molecule has 0 bridgehead atoms. The largest absolute Gasteiger partial charge is 0.796 e. The number of rotatable bonds is 6. The molecular weight excluding hydrogens is 337 g/mol. The van der Waals surface area contributed by atoms with Gasteiger partial charge < -0.3 is 9.39 Å². The first kappa shape index (κ1) is 17.7. The predicted octanol–water partition coefficient (Wildman–Crippen LogP) is 5.05. The molecule has 3 rings (SSSR count). The van der Waals surface area contributed by atoms with Crippen LogP contribution in [0, 0.1) is 0 Å². The SMILES string of the molecule is COc1ccc(/C=C\C(=O)c2ccc3ccccc3c2OB(F)F)cc1. The number of fused-ring (bicyclic) bond motifs is 1. The Morgan fingerprint density at radius 1 is 1.00 bits per heavy atom. The average Bonchev–Trinajstić information content (AvgIpc) is 2.66. The number of methoxy groups -OCH3 is 1. The normalized spacial score (nSPS) is 10.9. The van der Waals surface area contributed by atoms with Gasteiger partial charge in [-0.1, -0.05) is 48.5 Å². The first-order valence-electron chi connectivity index (χ1n) is 7.91. The van der Waals surface area contributed by atoms with Crippen LogP contribution in [0.15, 0.2) is 66.7 Å². The molecular formula is C20H15BF2O3. The lowest BCUT2D eigenvalue weighted by Crippen LogP contribution is -2.12. The Labute approximate surface area is 150 Å². The standard InChI is InChI=1S/C20H15BF2O3/c1-25-16-10-6-14(7-11-16)8-13-19(24)18-12-9-15-4-2-3-5-17(15)20(18)26-21(22)23/h2-13H,1H3/b13-8-. The third kappa shape index (κ3) is 3.91. The fraction of sp³-hybridized carbons (Fsp3) is 0.0500. The summed E-state index contributed by atoms with van der Waals surface area (Å²) < 4.78 is 35.4. The van der Waals surface area contributed by atoms with Gasteiger partial charge in [-0.15, -0.1) is 0 Å². The van der Waals surface area contributed by atoms with Gasteiger partial charge in [-0.3, -0.25) is 4.79 Å². The lowest BCUT2D eigenvalue weighted by molar-refractivity contribution is 0.104. The average molecular weight is 352 g/mol. The Bertz CT molecular complexity index is 953. The van der Waals surface area contributed by atoms with Crippen molar-refractivity contribution in [3.05, 3.63) is 77.9 Å². The van der Waals surface area contributed by atoms with Crippen LogP contribution in [0.4, 0.5) is 8.63 Å². The summed E-state index contributed by atoms with van der Waals surface area (Å²) in [5, 5.41) is 1.19. The molecule has 3 aromatic carbocycles. The minimum Gasteiger partial charge on any atom is -0.504 e. The summed E-state index contributed by atoms with van der Waals surface area (Å²) in [5.41, 5.74) is 0.880. The van der Waals surface area contributed by atoms with E-state index in [1.807, 2.05) is 0 Å². The van der Waals surface area contributed by atoms with Crippen molar-refractivity contribution in [2.45, 2.75) is 0 Å². The van der Waals surface area contributed by atoms with Gasteiger partial charge in [0.05, 0.1) is 12.7 Å². The van der Waals surface area contributed by atoms with Crippen molar-refractivity contribution in [3.8, 4) is 11.5 Å². The van der Waals surface area contributed by atoms with E-state index in [2.05, 4.69) is 4.65 Å². The van der Waals surface area contributed by atoms with E-state index in [0.717, 1.165) is 10.9 Å². The zero-order valence-corrected chi connectivity index (χ0v) is 14.0. The van der Waals surface area contributed by atoms with Gasteiger partial charge in [-0.2, -0.15) is 0 Å². The molecule has 0 N–H and O–H groups in total. The van der Waals surface area contributed by atoms with Crippen LogP contribution in [0.5, 0.6) is 11.5 Å². The Balaban J connectivity index is 1.95. The molecule has 0 saturated carbocycles. The van der Waals surface area contributed by atoms with E-state index in [9.17, 15) is 13.4 Å². The van der Waals surface area contributed by atoms with Crippen LogP contribution in [-0.2, 0) is 0 Å². The fourth-order valence-corrected chi connectivity index (χ4v) is 2.63. The van der Waals surface area contributed by atoms with Crippen LogP contribution < -0.4 is 9.39 Å². The summed E-state index contributed by atoms with van der Waals surface area (Å²) >= 11 is 0. The molecule has 0 unspecified atom stereocenters. The lowest BCUT2D eigenvalue weighted by Gasteiger charge is -2.11. The maximum absolute atomic E-state index is 12.9. The van der Waals surface area contributed by atoms with Crippen molar-refractivity contribution in [2.24, 2.45) is 0 Å². The van der Waals surface area contributed by atoms with Crippen molar-refractivity contribution >= 4 is 30.1 Å². The van der Waals surface area contributed by atoms with Crippen molar-refractivity contribution in [3.63, 3.8) is 0 Å². The molecule has 26 heavy (non-hydrogen) atoms. The van der Waals surface area contributed by atoms with Crippen LogP contribution in [0.25, 0.3) is 16.8 Å². The molecule has 0 saturated heterocycles. The van der Waals surface area contributed by atoms with E-state index < -0.39 is 13.3 Å². The van der Waals surface area contributed by atoms with Crippen LogP contribution in [0.1, 0.15) is 15.9 Å². The minimum atomic E-state index is -3.02. The topological polar surface area (TPSA) is 35.5 Å². The zero-order valence-electron chi connectivity index (χ0n) is 14.0. The Morgan fingerprint density at radius 3 is 2.42 bits per heavy atom. The molecule has 0 fully saturated rings. The second-order valence-corrected chi connectivity index (χ2v) is 5.51. The van der Waals surface area contributed by atoms with Crippen molar-refractivity contribution in [2.75, 3.05) is 7.11 Å². The van der Waals surface area contributed by atoms with Gasteiger partial charge in [-0.05, 0) is 35.2 Å². The van der Waals surface area contributed by atoms with Gasteiger partial charge in [0.1, 0.15) is 11.5 Å². The second kappa shape index (κ2) is 7.82. The molecule has 0 amide bonds. The van der Waals surface area contributed by atoms with Crippen LogP contribution in [-0.4, -0.2) is 20.4 Å². The van der Waals surface area contributed by atoms with E-state index in [1.165, 1.54) is 12.1 Å². The molecule has 3 aromatic rings. The predicted molar refractivity (Wildman–Crippen MR) is 98.9 cm³/mol. The summed E-state index contributed by atoms with van der Waals surface area (Å²) in [6.07, 6.45) is 2.95. The number of hydrogen-bond donors (Lipinski definition) is 0. The first-order valence-corrected chi connectivity index (χ1v) is 7.91. The molecule has 0 atom stereocenters. The molecule has 0 aromatic heterocycles. The Morgan fingerprint density at radius 2 is 1.73 bits per heavy atom. The number of ketones is 1. The number of carbonyl (C=O) groups is 1. The van der Waals surface area contributed by atoms with E-state index in [0.29, 0.717) is 11.1 Å². The molecule has 0 aliphatic heterocycles. The van der Waals surface area contributed by atoms with E-state index in [-0.39, 0.29) is 11.3 Å². The molecule has 0 spiro atoms. The van der Waals surface area contributed by atoms with Crippen LogP contribution in [0.2, 0.25) is 0 Å². The molecule has 0 aliphatic carbocycles. The summed E-state index contributed by atoms with van der Waals surface area (Å²) in [6, 6.07) is 17.3. The van der Waals surface area contributed by atoms with Gasteiger partial charge in [0, 0.05) is 5.39 Å². The monoisotopic (exact) mass is 352 g/mol. The van der Waals surface area contributed by atoms with E-state index in [1.54, 1.807) is 67.8 Å². The van der Waals surface area contributed by atoms with E-state index in [4.69, 9.17) is 4.74 Å². The highest BCUT2D eigenvalue weighted by atomic mass is 19.2. The number of benzene rings is 3. The maximum Gasteiger partial charge on any atom is 0.796 e. The third-order valence-electron chi connectivity index (χ3n) is 3.89.